The van der Waals surface area contributed by atoms with Crippen LogP contribution in [0.4, 0.5) is 13.2 Å². The number of aromatic nitrogens is 2. The number of nitrogens with zero attached hydrogens (tertiary/aromatic N) is 2. The molecule has 2 aromatic heterocycles. The Balaban J connectivity index is 2.63. The highest BCUT2D eigenvalue weighted by Crippen LogP contribution is 2.29. The number of aliphatic carboxylic acids is 1. The summed E-state index contributed by atoms with van der Waals surface area (Å²) in [5.74, 6) is -1.11. The highest BCUT2D eigenvalue weighted by Gasteiger charge is 2.31. The molecule has 0 bridgehead atoms. The van der Waals surface area contributed by atoms with Crippen LogP contribution in [0.25, 0.3) is 5.65 Å². The number of fused-ring (bicyclic) bond motifs is 1. The lowest BCUT2D eigenvalue weighted by atomic mass is 10.2. The Morgan fingerprint density at radius 3 is 2.67 bits per heavy atom. The summed E-state index contributed by atoms with van der Waals surface area (Å²) in [4.78, 5) is 14.7. The molecule has 0 amide bonds. The van der Waals surface area contributed by atoms with Gasteiger partial charge in [0.05, 0.1) is 23.4 Å². The van der Waals surface area contributed by atoms with Gasteiger partial charge in [-0.3, -0.25) is 4.79 Å². The number of carbonyl (C=O) groups is 1. The fourth-order valence-corrected chi connectivity index (χ4v) is 1.73. The number of carboxylic acid groups (broad SMARTS) is 1. The van der Waals surface area contributed by atoms with Gasteiger partial charge in [0, 0.05) is 6.20 Å². The standard InChI is InChI=1S/C11H9F3N2O2/c1-6-8(4-10(17)18)16-5-7(11(12,13)14)2-3-9(16)15-6/h2-3,5H,4H2,1H3,(H,17,18). The van der Waals surface area contributed by atoms with Gasteiger partial charge in [0.1, 0.15) is 5.65 Å². The molecule has 4 nitrogen and oxygen atoms in total. The molecular weight excluding hydrogens is 249 g/mol. The van der Waals surface area contributed by atoms with Crippen molar-refractivity contribution in [3.8, 4) is 0 Å². The normalized spacial score (nSPS) is 12.0. The number of halogens is 3. The number of hydrogen-bond acceptors (Lipinski definition) is 2. The molecule has 18 heavy (non-hydrogen) atoms. The topological polar surface area (TPSA) is 54.6 Å². The van der Waals surface area contributed by atoms with Crippen molar-refractivity contribution in [2.45, 2.75) is 19.5 Å². The lowest BCUT2D eigenvalue weighted by Crippen LogP contribution is -2.09. The third kappa shape index (κ3) is 2.15. The molecule has 0 unspecified atom stereocenters. The minimum atomic E-state index is -4.47. The summed E-state index contributed by atoms with van der Waals surface area (Å²) in [5.41, 5.74) is 0.135. The minimum Gasteiger partial charge on any atom is -0.481 e. The Hall–Kier alpha value is -2.05. The van der Waals surface area contributed by atoms with Crippen molar-refractivity contribution in [1.82, 2.24) is 9.38 Å². The van der Waals surface area contributed by atoms with E-state index < -0.39 is 17.7 Å². The number of alkyl halides is 3. The van der Waals surface area contributed by atoms with E-state index in [4.69, 9.17) is 5.11 Å². The molecule has 0 aliphatic rings. The van der Waals surface area contributed by atoms with Gasteiger partial charge in [-0.2, -0.15) is 13.2 Å². The summed E-state index contributed by atoms with van der Waals surface area (Å²) in [7, 11) is 0. The van der Waals surface area contributed by atoms with E-state index in [0.29, 0.717) is 11.3 Å². The Morgan fingerprint density at radius 1 is 1.44 bits per heavy atom. The second kappa shape index (κ2) is 4.01. The van der Waals surface area contributed by atoms with Crippen LogP contribution in [0.2, 0.25) is 0 Å². The molecule has 0 aliphatic heterocycles. The first-order chi connectivity index (χ1) is 8.29. The van der Waals surface area contributed by atoms with Crippen molar-refractivity contribution in [1.29, 1.82) is 0 Å². The highest BCUT2D eigenvalue weighted by molar-refractivity contribution is 5.70. The predicted octanol–water partition coefficient (Wildman–Crippen LogP) is 2.29. The molecule has 2 heterocycles. The zero-order chi connectivity index (χ0) is 13.5. The van der Waals surface area contributed by atoms with Crippen molar-refractivity contribution < 1.29 is 23.1 Å². The SMILES string of the molecule is Cc1nc2ccc(C(F)(F)F)cn2c1CC(=O)O. The van der Waals surface area contributed by atoms with E-state index in [0.717, 1.165) is 12.3 Å². The van der Waals surface area contributed by atoms with Crippen molar-refractivity contribution in [2.75, 3.05) is 0 Å². The first-order valence-electron chi connectivity index (χ1n) is 5.05. The molecule has 2 rings (SSSR count). The van der Waals surface area contributed by atoms with Gasteiger partial charge in [-0.05, 0) is 19.1 Å². The third-order valence-corrected chi connectivity index (χ3v) is 2.56. The number of hydrogen-bond donors (Lipinski definition) is 1. The highest BCUT2D eigenvalue weighted by atomic mass is 19.4. The van der Waals surface area contributed by atoms with Gasteiger partial charge in [0.2, 0.25) is 0 Å². The van der Waals surface area contributed by atoms with Crippen LogP contribution in [0.1, 0.15) is 17.0 Å². The molecule has 0 fully saturated rings. The number of carboxylic acids is 1. The predicted molar refractivity (Wildman–Crippen MR) is 56.3 cm³/mol. The van der Waals surface area contributed by atoms with Crippen LogP contribution in [0, 0.1) is 6.92 Å². The van der Waals surface area contributed by atoms with Gasteiger partial charge in [0.25, 0.3) is 0 Å². The van der Waals surface area contributed by atoms with Crippen molar-refractivity contribution in [3.63, 3.8) is 0 Å². The van der Waals surface area contributed by atoms with E-state index in [9.17, 15) is 18.0 Å². The van der Waals surface area contributed by atoms with Crippen LogP contribution in [0.15, 0.2) is 18.3 Å². The second-order valence-corrected chi connectivity index (χ2v) is 3.86. The maximum Gasteiger partial charge on any atom is 0.417 e. The van der Waals surface area contributed by atoms with E-state index in [1.165, 1.54) is 10.5 Å². The molecular formula is C11H9F3N2O2. The van der Waals surface area contributed by atoms with E-state index in [-0.39, 0.29) is 12.1 Å². The van der Waals surface area contributed by atoms with Gasteiger partial charge in [-0.15, -0.1) is 0 Å². The fourth-order valence-electron chi connectivity index (χ4n) is 1.73. The van der Waals surface area contributed by atoms with Crippen molar-refractivity contribution >= 4 is 11.6 Å². The maximum absolute atomic E-state index is 12.6. The maximum atomic E-state index is 12.6. The average Bonchev–Trinajstić information content (AvgIpc) is 2.53. The van der Waals surface area contributed by atoms with Crippen LogP contribution in [0.5, 0.6) is 0 Å². The minimum absolute atomic E-state index is 0.253. The molecule has 1 N–H and O–H groups in total. The zero-order valence-corrected chi connectivity index (χ0v) is 9.32. The van der Waals surface area contributed by atoms with Crippen LogP contribution < -0.4 is 0 Å². The van der Waals surface area contributed by atoms with Crippen molar-refractivity contribution in [3.05, 3.63) is 35.3 Å². The monoisotopic (exact) mass is 258 g/mol. The molecule has 0 aromatic carbocycles. The van der Waals surface area contributed by atoms with Crippen LogP contribution in [-0.4, -0.2) is 20.5 Å². The Bertz CT molecular complexity index is 617. The van der Waals surface area contributed by atoms with Crippen LogP contribution in [-0.2, 0) is 17.4 Å². The summed E-state index contributed by atoms with van der Waals surface area (Å²) >= 11 is 0. The van der Waals surface area contributed by atoms with Gasteiger partial charge in [0.15, 0.2) is 0 Å². The summed E-state index contributed by atoms with van der Waals surface area (Å²) in [6.45, 7) is 1.57. The van der Waals surface area contributed by atoms with Gasteiger partial charge in [-0.1, -0.05) is 0 Å². The number of aryl methyl sites for hydroxylation is 1. The number of imidazole rings is 1. The van der Waals surface area contributed by atoms with Crippen LogP contribution >= 0.6 is 0 Å². The average molecular weight is 258 g/mol. The van der Waals surface area contributed by atoms with Crippen molar-refractivity contribution in [2.24, 2.45) is 0 Å². The fraction of sp³-hybridized carbons (Fsp3) is 0.273. The molecule has 0 radical (unpaired) electrons. The van der Waals surface area contributed by atoms with E-state index in [1.54, 1.807) is 6.92 Å². The third-order valence-electron chi connectivity index (χ3n) is 2.56. The molecule has 0 saturated heterocycles. The van der Waals surface area contributed by atoms with Gasteiger partial charge in [-0.25, -0.2) is 4.98 Å². The van der Waals surface area contributed by atoms with Crippen LogP contribution in [0.3, 0.4) is 0 Å². The summed E-state index contributed by atoms with van der Waals surface area (Å²) in [5, 5.41) is 8.74. The zero-order valence-electron chi connectivity index (χ0n) is 9.32. The number of pyridine rings is 1. The number of rotatable bonds is 2. The van der Waals surface area contributed by atoms with Gasteiger partial charge < -0.3 is 9.51 Å². The lowest BCUT2D eigenvalue weighted by molar-refractivity contribution is -0.138. The van der Waals surface area contributed by atoms with E-state index >= 15 is 0 Å². The first kappa shape index (κ1) is 12.4. The summed E-state index contributed by atoms with van der Waals surface area (Å²) < 4.78 is 38.9. The first-order valence-corrected chi connectivity index (χ1v) is 5.05. The molecule has 0 saturated carbocycles. The second-order valence-electron chi connectivity index (χ2n) is 3.86. The van der Waals surface area contributed by atoms with Gasteiger partial charge >= 0.3 is 12.1 Å². The Kier molecular flexibility index (Phi) is 2.76. The lowest BCUT2D eigenvalue weighted by Gasteiger charge is -2.07. The quantitative estimate of drug-likeness (QED) is 0.899. The molecule has 0 spiro atoms. The Morgan fingerprint density at radius 2 is 2.11 bits per heavy atom. The summed E-state index contributed by atoms with van der Waals surface area (Å²) in [6.07, 6.45) is -3.96. The van der Waals surface area contributed by atoms with E-state index in [1.807, 2.05) is 0 Å². The smallest absolute Gasteiger partial charge is 0.417 e. The molecule has 7 heteroatoms. The largest absolute Gasteiger partial charge is 0.481 e. The Labute approximate surface area is 99.7 Å². The van der Waals surface area contributed by atoms with E-state index in [2.05, 4.69) is 4.98 Å². The molecule has 2 aromatic rings. The molecule has 96 valence electrons. The summed E-state index contributed by atoms with van der Waals surface area (Å²) in [6, 6.07) is 2.15. The molecule has 0 aliphatic carbocycles. The molecule has 0 atom stereocenters.